The van der Waals surface area contributed by atoms with Gasteiger partial charge in [0.1, 0.15) is 13.2 Å². The minimum atomic E-state index is 0.0423. The molecule has 3 aromatic carbocycles. The first-order valence-corrected chi connectivity index (χ1v) is 11.0. The van der Waals surface area contributed by atoms with Crippen LogP contribution in [0.1, 0.15) is 29.0 Å². The van der Waals surface area contributed by atoms with Crippen molar-refractivity contribution in [2.24, 2.45) is 0 Å². The van der Waals surface area contributed by atoms with Gasteiger partial charge in [0, 0.05) is 36.0 Å². The Morgan fingerprint density at radius 3 is 2.59 bits per heavy atom. The van der Waals surface area contributed by atoms with Gasteiger partial charge in [0.15, 0.2) is 11.5 Å². The zero-order valence-corrected chi connectivity index (χ0v) is 17.8. The van der Waals surface area contributed by atoms with Gasteiger partial charge in [0.2, 0.25) is 5.91 Å². The van der Waals surface area contributed by atoms with Gasteiger partial charge in [0.05, 0.1) is 0 Å². The number of aromatic amines is 1. The summed E-state index contributed by atoms with van der Waals surface area (Å²) in [7, 11) is 0. The molecule has 0 saturated heterocycles. The lowest BCUT2D eigenvalue weighted by atomic mass is 9.91. The average Bonchev–Trinajstić information content (AvgIpc) is 3.27. The molecular formula is C27H26N2O3. The van der Waals surface area contributed by atoms with E-state index in [-0.39, 0.29) is 11.8 Å². The van der Waals surface area contributed by atoms with Crippen LogP contribution in [0.25, 0.3) is 10.9 Å². The van der Waals surface area contributed by atoms with E-state index in [0.717, 1.165) is 22.6 Å². The molecule has 1 aromatic heterocycles. The number of aromatic nitrogens is 1. The van der Waals surface area contributed by atoms with Crippen LogP contribution in [0.2, 0.25) is 0 Å². The highest BCUT2D eigenvalue weighted by atomic mass is 16.6. The molecule has 5 heteroatoms. The first kappa shape index (κ1) is 20.2. The number of nitrogens with one attached hydrogen (secondary N) is 2. The molecular weight excluding hydrogens is 400 g/mol. The van der Waals surface area contributed by atoms with Gasteiger partial charge in [-0.1, -0.05) is 54.6 Å². The number of fused-ring (bicyclic) bond motifs is 2. The maximum absolute atomic E-state index is 12.7. The number of carbonyl (C=O) groups is 1. The van der Waals surface area contributed by atoms with Crippen LogP contribution in [0.3, 0.4) is 0 Å². The smallest absolute Gasteiger partial charge is 0.220 e. The number of benzene rings is 3. The van der Waals surface area contributed by atoms with Gasteiger partial charge >= 0.3 is 0 Å². The fraction of sp³-hybridized carbons (Fsp3) is 0.222. The number of H-pyrrole nitrogens is 1. The van der Waals surface area contributed by atoms with Crippen molar-refractivity contribution in [3.63, 3.8) is 0 Å². The van der Waals surface area contributed by atoms with Crippen LogP contribution in [0.5, 0.6) is 11.5 Å². The van der Waals surface area contributed by atoms with Crippen molar-refractivity contribution >= 4 is 16.8 Å². The van der Waals surface area contributed by atoms with Crippen LogP contribution in [0.4, 0.5) is 0 Å². The van der Waals surface area contributed by atoms with Crippen molar-refractivity contribution in [2.75, 3.05) is 19.8 Å². The van der Waals surface area contributed by atoms with Crippen LogP contribution in [0, 0.1) is 0 Å². The molecule has 2 N–H and O–H groups in total. The molecule has 1 unspecified atom stereocenters. The van der Waals surface area contributed by atoms with Gasteiger partial charge in [-0.15, -0.1) is 0 Å². The summed E-state index contributed by atoms with van der Waals surface area (Å²) in [6.45, 7) is 1.69. The van der Waals surface area contributed by atoms with Gasteiger partial charge in [-0.05, 0) is 41.3 Å². The fourth-order valence-corrected chi connectivity index (χ4v) is 4.28. The number of hydrogen-bond acceptors (Lipinski definition) is 3. The average molecular weight is 427 g/mol. The van der Waals surface area contributed by atoms with E-state index < -0.39 is 0 Å². The van der Waals surface area contributed by atoms with Gasteiger partial charge in [0.25, 0.3) is 0 Å². The highest BCUT2D eigenvalue weighted by Crippen LogP contribution is 2.32. The molecule has 0 bridgehead atoms. The Morgan fingerprint density at radius 1 is 0.938 bits per heavy atom. The van der Waals surface area contributed by atoms with E-state index in [1.807, 2.05) is 48.5 Å². The largest absolute Gasteiger partial charge is 0.486 e. The number of para-hydroxylation sites is 1. The molecule has 1 atom stereocenters. The Kier molecular flexibility index (Phi) is 5.79. The maximum Gasteiger partial charge on any atom is 0.220 e. The zero-order valence-electron chi connectivity index (χ0n) is 17.8. The van der Waals surface area contributed by atoms with E-state index in [2.05, 4.69) is 40.8 Å². The number of aryl methyl sites for hydroxylation is 1. The van der Waals surface area contributed by atoms with E-state index in [1.54, 1.807) is 0 Å². The number of hydrogen-bond donors (Lipinski definition) is 2. The lowest BCUT2D eigenvalue weighted by Gasteiger charge is -2.19. The van der Waals surface area contributed by atoms with E-state index in [1.165, 1.54) is 16.5 Å². The topological polar surface area (TPSA) is 63.4 Å². The molecule has 5 rings (SSSR count). The molecule has 162 valence electrons. The Labute approximate surface area is 187 Å². The second-order valence-electron chi connectivity index (χ2n) is 8.03. The summed E-state index contributed by atoms with van der Waals surface area (Å²) in [4.78, 5) is 16.1. The number of amides is 1. The second kappa shape index (κ2) is 9.18. The monoisotopic (exact) mass is 426 g/mol. The predicted molar refractivity (Wildman–Crippen MR) is 125 cm³/mol. The van der Waals surface area contributed by atoms with Gasteiger partial charge in [-0.2, -0.15) is 0 Å². The first-order chi connectivity index (χ1) is 15.8. The van der Waals surface area contributed by atoms with Crippen molar-refractivity contribution in [1.82, 2.24) is 10.3 Å². The summed E-state index contributed by atoms with van der Waals surface area (Å²) in [6, 6.07) is 24.5. The van der Waals surface area contributed by atoms with E-state index in [0.29, 0.717) is 32.6 Å². The van der Waals surface area contributed by atoms with Crippen molar-refractivity contribution in [3.05, 3.63) is 95.7 Å². The van der Waals surface area contributed by atoms with Crippen LogP contribution in [-0.2, 0) is 11.2 Å². The molecule has 0 saturated carbocycles. The molecule has 32 heavy (non-hydrogen) atoms. The molecule has 0 aliphatic carbocycles. The number of rotatable bonds is 7. The Bertz CT molecular complexity index is 1220. The minimum Gasteiger partial charge on any atom is -0.486 e. The lowest BCUT2D eigenvalue weighted by molar-refractivity contribution is -0.121. The summed E-state index contributed by atoms with van der Waals surface area (Å²) in [5.41, 5.74) is 4.55. The third-order valence-corrected chi connectivity index (χ3v) is 5.95. The molecule has 2 heterocycles. The summed E-state index contributed by atoms with van der Waals surface area (Å²) in [6.07, 6.45) is 3.14. The van der Waals surface area contributed by atoms with Gasteiger partial charge in [-0.3, -0.25) is 4.79 Å². The second-order valence-corrected chi connectivity index (χ2v) is 8.03. The van der Waals surface area contributed by atoms with Crippen molar-refractivity contribution < 1.29 is 14.3 Å². The maximum atomic E-state index is 12.7. The SMILES string of the molecule is O=C(CCc1ccc2c(c1)OCCO2)NCC(c1ccccc1)c1c[nH]c2ccccc12. The fourth-order valence-electron chi connectivity index (χ4n) is 4.28. The first-order valence-electron chi connectivity index (χ1n) is 11.0. The minimum absolute atomic E-state index is 0.0423. The van der Waals surface area contributed by atoms with Crippen LogP contribution in [-0.4, -0.2) is 30.6 Å². The number of carbonyl (C=O) groups excluding carboxylic acids is 1. The third-order valence-electron chi connectivity index (χ3n) is 5.95. The molecule has 1 aliphatic heterocycles. The molecule has 1 amide bonds. The summed E-state index contributed by atoms with van der Waals surface area (Å²) >= 11 is 0. The third kappa shape index (κ3) is 4.33. The lowest BCUT2D eigenvalue weighted by Crippen LogP contribution is -2.29. The summed E-state index contributed by atoms with van der Waals surface area (Å²) in [5, 5.41) is 4.34. The van der Waals surface area contributed by atoms with E-state index in [9.17, 15) is 4.79 Å². The van der Waals surface area contributed by atoms with Crippen LogP contribution >= 0.6 is 0 Å². The zero-order chi connectivity index (χ0) is 21.8. The summed E-state index contributed by atoms with van der Waals surface area (Å²) in [5.74, 6) is 1.65. The van der Waals surface area contributed by atoms with Crippen molar-refractivity contribution in [3.8, 4) is 11.5 Å². The van der Waals surface area contributed by atoms with E-state index in [4.69, 9.17) is 9.47 Å². The molecule has 4 aromatic rings. The van der Waals surface area contributed by atoms with Gasteiger partial charge in [-0.25, -0.2) is 0 Å². The molecule has 1 aliphatic rings. The van der Waals surface area contributed by atoms with Crippen molar-refractivity contribution in [2.45, 2.75) is 18.8 Å². The Morgan fingerprint density at radius 2 is 1.72 bits per heavy atom. The molecule has 0 fully saturated rings. The quantitative estimate of drug-likeness (QED) is 0.445. The standard InChI is InChI=1S/C27H26N2O3/c30-27(13-11-19-10-12-25-26(16-19)32-15-14-31-25)29-17-22(20-6-2-1-3-7-20)23-18-28-24-9-5-4-8-21(23)24/h1-10,12,16,18,22,28H,11,13-15,17H2,(H,29,30). The Hall–Kier alpha value is -3.73. The number of ether oxygens (including phenoxy) is 2. The highest BCUT2D eigenvalue weighted by Gasteiger charge is 2.19. The van der Waals surface area contributed by atoms with Crippen LogP contribution < -0.4 is 14.8 Å². The normalized spacial score (nSPS) is 13.6. The highest BCUT2D eigenvalue weighted by molar-refractivity contribution is 5.84. The molecule has 0 spiro atoms. The Balaban J connectivity index is 1.27. The molecule has 5 nitrogen and oxygen atoms in total. The van der Waals surface area contributed by atoms with E-state index >= 15 is 0 Å². The predicted octanol–water partition coefficient (Wildman–Crippen LogP) is 4.82. The van der Waals surface area contributed by atoms with Crippen LogP contribution in [0.15, 0.2) is 79.0 Å². The molecule has 0 radical (unpaired) electrons. The van der Waals surface area contributed by atoms with Crippen molar-refractivity contribution in [1.29, 1.82) is 0 Å². The summed E-state index contributed by atoms with van der Waals surface area (Å²) < 4.78 is 11.2. The van der Waals surface area contributed by atoms with Gasteiger partial charge < -0.3 is 19.8 Å².